The molecule has 1 fully saturated rings. The van der Waals surface area contributed by atoms with Gasteiger partial charge in [0.25, 0.3) is 0 Å². The van der Waals surface area contributed by atoms with Crippen molar-refractivity contribution in [2.45, 2.75) is 46.1 Å². The molecule has 6 heteroatoms. The fourth-order valence-corrected chi connectivity index (χ4v) is 4.58. The van der Waals surface area contributed by atoms with Crippen molar-refractivity contribution in [3.05, 3.63) is 51.0 Å². The molecule has 2 N–H and O–H groups in total. The van der Waals surface area contributed by atoms with Crippen LogP contribution in [-0.2, 0) is 6.42 Å². The lowest BCUT2D eigenvalue weighted by atomic mass is 10.0. The number of thiazole rings is 1. The third kappa shape index (κ3) is 5.55. The average Bonchev–Trinajstić information content (AvgIpc) is 3.32. The van der Waals surface area contributed by atoms with Gasteiger partial charge in [-0.25, -0.2) is 4.98 Å². The van der Waals surface area contributed by atoms with E-state index in [4.69, 9.17) is 0 Å². The zero-order valence-electron chi connectivity index (χ0n) is 17.6. The van der Waals surface area contributed by atoms with Crippen LogP contribution in [0.25, 0.3) is 0 Å². The van der Waals surface area contributed by atoms with E-state index >= 15 is 0 Å². The van der Waals surface area contributed by atoms with E-state index in [-0.39, 0.29) is 0 Å². The minimum atomic E-state index is 0.380. The SMILES string of the molecule is CN=C(NCCc1nc(C)c(C)s1)NCC(c1ccc(C)cc1)N1CCCC1. The summed E-state index contributed by atoms with van der Waals surface area (Å²) in [6, 6.07) is 9.34. The lowest BCUT2D eigenvalue weighted by molar-refractivity contribution is 0.245. The maximum absolute atomic E-state index is 4.62. The zero-order valence-corrected chi connectivity index (χ0v) is 18.4. The number of aliphatic imine (C=N–C) groups is 1. The minimum Gasteiger partial charge on any atom is -0.356 e. The molecule has 1 aromatic heterocycles. The molecule has 0 aliphatic carbocycles. The van der Waals surface area contributed by atoms with Gasteiger partial charge in [-0.3, -0.25) is 9.89 Å². The van der Waals surface area contributed by atoms with Crippen LogP contribution in [0.2, 0.25) is 0 Å². The van der Waals surface area contributed by atoms with E-state index in [1.54, 1.807) is 11.3 Å². The van der Waals surface area contributed by atoms with Gasteiger partial charge in [0.2, 0.25) is 0 Å². The standard InChI is InChI=1S/C22H33N5S/c1-16-7-9-19(10-8-16)20(27-13-5-6-14-27)15-25-22(23-4)24-12-11-21-26-17(2)18(3)28-21/h7-10,20H,5-6,11-15H2,1-4H3,(H2,23,24,25). The Hall–Kier alpha value is -1.92. The summed E-state index contributed by atoms with van der Waals surface area (Å²) in [5.41, 5.74) is 3.83. The van der Waals surface area contributed by atoms with Gasteiger partial charge in [-0.05, 0) is 52.3 Å². The lowest BCUT2D eigenvalue weighted by Crippen LogP contribution is -2.43. The normalized spacial score (nSPS) is 16.4. The fraction of sp³-hybridized carbons (Fsp3) is 0.545. The summed E-state index contributed by atoms with van der Waals surface area (Å²) in [5, 5.41) is 8.17. The number of hydrogen-bond donors (Lipinski definition) is 2. The number of likely N-dealkylation sites (tertiary alicyclic amines) is 1. The van der Waals surface area contributed by atoms with Gasteiger partial charge in [-0.15, -0.1) is 11.3 Å². The van der Waals surface area contributed by atoms with Crippen LogP contribution in [0.3, 0.4) is 0 Å². The number of aryl methyl sites for hydroxylation is 3. The van der Waals surface area contributed by atoms with Crippen LogP contribution in [0.5, 0.6) is 0 Å². The van der Waals surface area contributed by atoms with Crippen molar-refractivity contribution < 1.29 is 0 Å². The first kappa shape index (κ1) is 20.8. The molecule has 1 atom stereocenters. The number of nitrogens with zero attached hydrogens (tertiary/aromatic N) is 3. The Kier molecular flexibility index (Phi) is 7.45. The highest BCUT2D eigenvalue weighted by Crippen LogP contribution is 2.25. The van der Waals surface area contributed by atoms with Crippen molar-refractivity contribution in [2.75, 3.05) is 33.2 Å². The fourth-order valence-electron chi connectivity index (χ4n) is 3.65. The van der Waals surface area contributed by atoms with Gasteiger partial charge in [0.1, 0.15) is 0 Å². The molecule has 5 nitrogen and oxygen atoms in total. The van der Waals surface area contributed by atoms with E-state index in [2.05, 4.69) is 70.5 Å². The summed E-state index contributed by atoms with van der Waals surface area (Å²) in [6.07, 6.45) is 3.51. The van der Waals surface area contributed by atoms with Crippen LogP contribution in [0.15, 0.2) is 29.3 Å². The Morgan fingerprint density at radius 2 is 1.86 bits per heavy atom. The Morgan fingerprint density at radius 3 is 2.46 bits per heavy atom. The molecule has 152 valence electrons. The van der Waals surface area contributed by atoms with E-state index in [9.17, 15) is 0 Å². The molecule has 0 radical (unpaired) electrons. The second kappa shape index (κ2) is 10.0. The molecular formula is C22H33N5S. The second-order valence-electron chi connectivity index (χ2n) is 7.55. The Balaban J connectivity index is 1.55. The molecule has 1 unspecified atom stereocenters. The third-order valence-corrected chi connectivity index (χ3v) is 6.57. The van der Waals surface area contributed by atoms with Crippen molar-refractivity contribution in [1.29, 1.82) is 0 Å². The molecular weight excluding hydrogens is 366 g/mol. The largest absolute Gasteiger partial charge is 0.356 e. The number of guanidine groups is 1. The molecule has 1 saturated heterocycles. The number of aromatic nitrogens is 1. The van der Waals surface area contributed by atoms with Crippen LogP contribution in [-0.4, -0.2) is 49.1 Å². The van der Waals surface area contributed by atoms with Crippen molar-refractivity contribution in [3.63, 3.8) is 0 Å². The Bertz CT molecular complexity index is 755. The van der Waals surface area contributed by atoms with Crippen molar-refractivity contribution in [3.8, 4) is 0 Å². The first-order chi connectivity index (χ1) is 13.6. The highest BCUT2D eigenvalue weighted by molar-refractivity contribution is 7.11. The zero-order chi connectivity index (χ0) is 19.9. The highest BCUT2D eigenvalue weighted by Gasteiger charge is 2.23. The summed E-state index contributed by atoms with van der Waals surface area (Å²) in [7, 11) is 1.84. The van der Waals surface area contributed by atoms with E-state index in [0.717, 1.165) is 31.2 Å². The van der Waals surface area contributed by atoms with Crippen LogP contribution < -0.4 is 10.6 Å². The molecule has 1 aromatic carbocycles. The number of rotatable bonds is 7. The van der Waals surface area contributed by atoms with Gasteiger partial charge in [-0.2, -0.15) is 0 Å². The van der Waals surface area contributed by atoms with Crippen molar-refractivity contribution in [2.24, 2.45) is 4.99 Å². The molecule has 0 spiro atoms. The van der Waals surface area contributed by atoms with Crippen molar-refractivity contribution >= 4 is 17.3 Å². The quantitative estimate of drug-likeness (QED) is 0.552. The molecule has 1 aliphatic rings. The van der Waals surface area contributed by atoms with Crippen molar-refractivity contribution in [1.82, 2.24) is 20.5 Å². The van der Waals surface area contributed by atoms with Crippen LogP contribution in [0.4, 0.5) is 0 Å². The van der Waals surface area contributed by atoms with Crippen LogP contribution in [0.1, 0.15) is 45.6 Å². The number of hydrogen-bond acceptors (Lipinski definition) is 4. The molecule has 2 heterocycles. The van der Waals surface area contributed by atoms with Crippen LogP contribution in [0, 0.1) is 20.8 Å². The lowest BCUT2D eigenvalue weighted by Gasteiger charge is -2.29. The van der Waals surface area contributed by atoms with E-state index in [1.807, 2.05) is 7.05 Å². The van der Waals surface area contributed by atoms with Gasteiger partial charge in [0.05, 0.1) is 16.7 Å². The predicted molar refractivity (Wildman–Crippen MR) is 119 cm³/mol. The van der Waals surface area contributed by atoms with Crippen LogP contribution >= 0.6 is 11.3 Å². The molecule has 0 bridgehead atoms. The summed E-state index contributed by atoms with van der Waals surface area (Å²) in [6.45, 7) is 10.4. The number of benzene rings is 1. The topological polar surface area (TPSA) is 52.6 Å². The average molecular weight is 400 g/mol. The van der Waals surface area contributed by atoms with E-state index < -0.39 is 0 Å². The van der Waals surface area contributed by atoms with Gasteiger partial charge >= 0.3 is 0 Å². The Morgan fingerprint density at radius 1 is 1.14 bits per heavy atom. The predicted octanol–water partition coefficient (Wildman–Crippen LogP) is 3.61. The first-order valence-electron chi connectivity index (χ1n) is 10.2. The maximum atomic E-state index is 4.62. The maximum Gasteiger partial charge on any atom is 0.191 e. The third-order valence-electron chi connectivity index (χ3n) is 5.43. The first-order valence-corrected chi connectivity index (χ1v) is 11.1. The van der Waals surface area contributed by atoms with Gasteiger partial charge in [-0.1, -0.05) is 29.8 Å². The second-order valence-corrected chi connectivity index (χ2v) is 8.84. The highest BCUT2D eigenvalue weighted by atomic mass is 32.1. The molecule has 3 rings (SSSR count). The Labute approximate surface area is 173 Å². The molecule has 2 aromatic rings. The van der Waals surface area contributed by atoms with Gasteiger partial charge in [0.15, 0.2) is 5.96 Å². The summed E-state index contributed by atoms with van der Waals surface area (Å²) in [5.74, 6) is 0.862. The molecule has 0 amide bonds. The van der Waals surface area contributed by atoms with E-state index in [0.29, 0.717) is 6.04 Å². The molecule has 0 saturated carbocycles. The molecule has 28 heavy (non-hydrogen) atoms. The summed E-state index contributed by atoms with van der Waals surface area (Å²) >= 11 is 1.79. The summed E-state index contributed by atoms with van der Waals surface area (Å²) < 4.78 is 0. The van der Waals surface area contributed by atoms with E-state index in [1.165, 1.54) is 46.9 Å². The van der Waals surface area contributed by atoms with Gasteiger partial charge < -0.3 is 10.6 Å². The minimum absolute atomic E-state index is 0.380. The monoisotopic (exact) mass is 399 g/mol. The number of nitrogens with one attached hydrogen (secondary N) is 2. The summed E-state index contributed by atoms with van der Waals surface area (Å²) in [4.78, 5) is 12.9. The van der Waals surface area contributed by atoms with Gasteiger partial charge in [0, 0.05) is 31.4 Å². The molecule has 1 aliphatic heterocycles. The smallest absolute Gasteiger partial charge is 0.191 e.